The average molecular weight is 351 g/mol. The lowest BCUT2D eigenvalue weighted by molar-refractivity contribution is -0.111. The van der Waals surface area contributed by atoms with Crippen molar-refractivity contribution < 1.29 is 9.53 Å². The van der Waals surface area contributed by atoms with Crippen LogP contribution in [0.15, 0.2) is 54.3 Å². The maximum absolute atomic E-state index is 12.1. The molecule has 0 spiro atoms. The van der Waals surface area contributed by atoms with E-state index in [0.29, 0.717) is 0 Å². The van der Waals surface area contributed by atoms with Crippen LogP contribution in [0.4, 0.5) is 5.69 Å². The van der Waals surface area contributed by atoms with Crippen molar-refractivity contribution in [3.05, 3.63) is 70.4 Å². The summed E-state index contributed by atoms with van der Waals surface area (Å²) >= 11 is 1.50. The number of nitrogens with one attached hydrogen (secondary N) is 1. The van der Waals surface area contributed by atoms with E-state index in [1.807, 2.05) is 32.0 Å². The fourth-order valence-corrected chi connectivity index (χ4v) is 2.88. The molecule has 0 unspecified atom stereocenters. The number of nitrogens with zero attached hydrogens (tertiary/aromatic N) is 2. The van der Waals surface area contributed by atoms with Crippen molar-refractivity contribution in [1.29, 1.82) is 0 Å². The highest BCUT2D eigenvalue weighted by Gasteiger charge is 2.05. The van der Waals surface area contributed by atoms with Crippen LogP contribution in [0.1, 0.15) is 16.1 Å². The molecule has 0 saturated carbocycles. The number of anilines is 1. The molecule has 0 fully saturated rings. The number of rotatable bonds is 5. The Morgan fingerprint density at radius 1 is 1.20 bits per heavy atom. The number of carbonyl (C=O) groups excluding carboxylic acids is 1. The molecule has 0 saturated heterocycles. The number of amides is 1. The summed E-state index contributed by atoms with van der Waals surface area (Å²) < 4.78 is 5.81. The van der Waals surface area contributed by atoms with E-state index in [9.17, 15) is 4.79 Å². The van der Waals surface area contributed by atoms with Crippen LogP contribution in [0.3, 0.4) is 0 Å². The van der Waals surface area contributed by atoms with Crippen LogP contribution in [-0.2, 0) is 4.79 Å². The SMILES string of the molecule is Cc1cc(NC(=O)/C=C/c2scnc2C)ccc1Oc1ccncc1. The number of aromatic nitrogens is 2. The smallest absolute Gasteiger partial charge is 0.248 e. The van der Waals surface area contributed by atoms with E-state index in [-0.39, 0.29) is 5.91 Å². The van der Waals surface area contributed by atoms with Crippen LogP contribution >= 0.6 is 11.3 Å². The molecule has 0 aliphatic heterocycles. The van der Waals surface area contributed by atoms with Crippen LogP contribution in [0, 0.1) is 13.8 Å². The van der Waals surface area contributed by atoms with E-state index in [1.54, 1.807) is 36.1 Å². The van der Waals surface area contributed by atoms with Gasteiger partial charge in [-0.1, -0.05) is 0 Å². The van der Waals surface area contributed by atoms with Gasteiger partial charge in [-0.15, -0.1) is 11.3 Å². The molecular weight excluding hydrogens is 334 g/mol. The number of pyridine rings is 1. The molecule has 2 heterocycles. The molecular formula is C19H17N3O2S. The third-order valence-electron chi connectivity index (χ3n) is 3.49. The van der Waals surface area contributed by atoms with E-state index in [1.165, 1.54) is 17.4 Å². The van der Waals surface area contributed by atoms with Crippen LogP contribution in [0.5, 0.6) is 11.5 Å². The van der Waals surface area contributed by atoms with Gasteiger partial charge in [-0.05, 0) is 55.8 Å². The van der Waals surface area contributed by atoms with Crippen molar-refractivity contribution in [2.45, 2.75) is 13.8 Å². The Morgan fingerprint density at radius 2 is 2.00 bits per heavy atom. The molecule has 1 aromatic carbocycles. The number of hydrogen-bond acceptors (Lipinski definition) is 5. The molecule has 1 amide bonds. The summed E-state index contributed by atoms with van der Waals surface area (Å²) in [5.74, 6) is 1.27. The Morgan fingerprint density at radius 3 is 2.68 bits per heavy atom. The lowest BCUT2D eigenvalue weighted by atomic mass is 10.2. The van der Waals surface area contributed by atoms with Crippen molar-refractivity contribution in [3.8, 4) is 11.5 Å². The third kappa shape index (κ3) is 4.51. The number of benzene rings is 1. The fourth-order valence-electron chi connectivity index (χ4n) is 2.18. The van der Waals surface area contributed by atoms with Crippen molar-refractivity contribution in [3.63, 3.8) is 0 Å². The van der Waals surface area contributed by atoms with Gasteiger partial charge in [0.05, 0.1) is 11.2 Å². The first-order chi connectivity index (χ1) is 12.1. The molecule has 0 aliphatic rings. The number of hydrogen-bond donors (Lipinski definition) is 1. The topological polar surface area (TPSA) is 64.1 Å². The maximum Gasteiger partial charge on any atom is 0.248 e. The summed E-state index contributed by atoms with van der Waals surface area (Å²) in [4.78, 5) is 21.1. The van der Waals surface area contributed by atoms with Gasteiger partial charge in [0, 0.05) is 29.0 Å². The highest BCUT2D eigenvalue weighted by Crippen LogP contribution is 2.27. The number of thiazole rings is 1. The van der Waals surface area contributed by atoms with Crippen molar-refractivity contribution in [2.75, 3.05) is 5.32 Å². The van der Waals surface area contributed by atoms with E-state index in [2.05, 4.69) is 15.3 Å². The second-order valence-corrected chi connectivity index (χ2v) is 6.28. The van der Waals surface area contributed by atoms with Gasteiger partial charge in [-0.25, -0.2) is 4.98 Å². The minimum absolute atomic E-state index is 0.185. The summed E-state index contributed by atoms with van der Waals surface area (Å²) in [6.07, 6.45) is 6.64. The van der Waals surface area contributed by atoms with Gasteiger partial charge in [0.15, 0.2) is 0 Å². The largest absolute Gasteiger partial charge is 0.457 e. The van der Waals surface area contributed by atoms with Crippen LogP contribution in [0.2, 0.25) is 0 Å². The van der Waals surface area contributed by atoms with Crippen molar-refractivity contribution >= 4 is 29.0 Å². The maximum atomic E-state index is 12.1. The van der Waals surface area contributed by atoms with Gasteiger partial charge >= 0.3 is 0 Å². The predicted molar refractivity (Wildman–Crippen MR) is 100 cm³/mol. The average Bonchev–Trinajstić information content (AvgIpc) is 3.01. The molecule has 0 radical (unpaired) electrons. The van der Waals surface area contributed by atoms with Crippen LogP contribution in [0.25, 0.3) is 6.08 Å². The standard InChI is InChI=1S/C19H17N3O2S/c1-13-11-15(3-4-17(13)24-16-7-9-20-10-8-16)22-19(23)6-5-18-14(2)21-12-25-18/h3-12H,1-2H3,(H,22,23)/b6-5+. The molecule has 3 aromatic rings. The van der Waals surface area contributed by atoms with Gasteiger partial charge < -0.3 is 10.1 Å². The van der Waals surface area contributed by atoms with E-state index in [0.717, 1.165) is 33.3 Å². The quantitative estimate of drug-likeness (QED) is 0.682. The van der Waals surface area contributed by atoms with Crippen molar-refractivity contribution in [2.24, 2.45) is 0 Å². The predicted octanol–water partition coefficient (Wildman–Crippen LogP) is 4.60. The Kier molecular flexibility index (Phi) is 5.20. The van der Waals surface area contributed by atoms with E-state index >= 15 is 0 Å². The highest BCUT2D eigenvalue weighted by molar-refractivity contribution is 7.10. The first kappa shape index (κ1) is 16.9. The molecule has 1 N–H and O–H groups in total. The zero-order valence-electron chi connectivity index (χ0n) is 13.9. The highest BCUT2D eigenvalue weighted by atomic mass is 32.1. The zero-order chi connectivity index (χ0) is 17.6. The molecule has 0 aliphatic carbocycles. The first-order valence-electron chi connectivity index (χ1n) is 7.69. The summed E-state index contributed by atoms with van der Waals surface area (Å²) in [5.41, 5.74) is 4.33. The van der Waals surface area contributed by atoms with Crippen LogP contribution < -0.4 is 10.1 Å². The second kappa shape index (κ2) is 7.72. The van der Waals surface area contributed by atoms with Crippen molar-refractivity contribution in [1.82, 2.24) is 9.97 Å². The molecule has 2 aromatic heterocycles. The lowest BCUT2D eigenvalue weighted by Gasteiger charge is -2.10. The molecule has 126 valence electrons. The summed E-state index contributed by atoms with van der Waals surface area (Å²) in [6.45, 7) is 3.85. The Bertz CT molecular complexity index is 904. The minimum Gasteiger partial charge on any atom is -0.457 e. The van der Waals surface area contributed by atoms with Crippen LogP contribution in [-0.4, -0.2) is 15.9 Å². The van der Waals surface area contributed by atoms with E-state index < -0.39 is 0 Å². The fraction of sp³-hybridized carbons (Fsp3) is 0.105. The monoisotopic (exact) mass is 351 g/mol. The number of carbonyl (C=O) groups is 1. The Balaban J connectivity index is 1.65. The van der Waals surface area contributed by atoms with E-state index in [4.69, 9.17) is 4.74 Å². The number of aryl methyl sites for hydroxylation is 2. The third-order valence-corrected chi connectivity index (χ3v) is 4.38. The zero-order valence-corrected chi connectivity index (χ0v) is 14.7. The Hall–Kier alpha value is -2.99. The van der Waals surface area contributed by atoms with Gasteiger partial charge in [-0.2, -0.15) is 0 Å². The summed E-state index contributed by atoms with van der Waals surface area (Å²) in [5, 5.41) is 2.85. The summed E-state index contributed by atoms with van der Waals surface area (Å²) in [6, 6.07) is 9.11. The minimum atomic E-state index is -0.185. The molecule has 25 heavy (non-hydrogen) atoms. The molecule has 0 bridgehead atoms. The molecule has 0 atom stereocenters. The van der Waals surface area contributed by atoms with Gasteiger partial charge in [-0.3, -0.25) is 9.78 Å². The second-order valence-electron chi connectivity index (χ2n) is 5.39. The molecule has 5 nitrogen and oxygen atoms in total. The first-order valence-corrected chi connectivity index (χ1v) is 8.57. The molecule has 3 rings (SSSR count). The lowest BCUT2D eigenvalue weighted by Crippen LogP contribution is -2.07. The number of ether oxygens (including phenoxy) is 1. The normalized spacial score (nSPS) is 10.8. The molecule has 6 heteroatoms. The summed E-state index contributed by atoms with van der Waals surface area (Å²) in [7, 11) is 0. The van der Waals surface area contributed by atoms with Gasteiger partial charge in [0.2, 0.25) is 5.91 Å². The van der Waals surface area contributed by atoms with Gasteiger partial charge in [0.1, 0.15) is 11.5 Å². The van der Waals surface area contributed by atoms with Gasteiger partial charge in [0.25, 0.3) is 0 Å². The Labute approximate surface area is 150 Å².